The van der Waals surface area contributed by atoms with Crippen molar-refractivity contribution in [2.24, 2.45) is 0 Å². The van der Waals surface area contributed by atoms with Gasteiger partial charge in [-0.3, -0.25) is 9.78 Å². The minimum atomic E-state index is -3.45. The maximum absolute atomic E-state index is 12.5. The summed E-state index contributed by atoms with van der Waals surface area (Å²) in [4.78, 5) is 16.9. The van der Waals surface area contributed by atoms with Gasteiger partial charge < -0.3 is 0 Å². The molecule has 0 spiro atoms. The molecule has 0 aliphatic heterocycles. The highest BCUT2D eigenvalue weighted by atomic mass is 32.2. The fourth-order valence-corrected chi connectivity index (χ4v) is 3.75. The number of para-hydroxylation sites is 1. The third-order valence-corrected chi connectivity index (χ3v) is 6.65. The predicted molar refractivity (Wildman–Crippen MR) is 88.6 cm³/mol. The molecule has 118 valence electrons. The second-order valence-electron chi connectivity index (χ2n) is 5.92. The average molecular weight is 319 g/mol. The van der Waals surface area contributed by atoms with Gasteiger partial charge in [0, 0.05) is 11.1 Å². The Labute approximate surface area is 131 Å². The van der Waals surface area contributed by atoms with Gasteiger partial charge in [0.25, 0.3) is 0 Å². The molecule has 2 aromatic rings. The Hall–Kier alpha value is -1.75. The first-order valence-corrected chi connectivity index (χ1v) is 9.03. The number of benzene rings is 1. The molecule has 0 N–H and O–H groups in total. The number of sulfone groups is 1. The smallest absolute Gasteiger partial charge is 0.162 e. The van der Waals surface area contributed by atoms with E-state index in [0.29, 0.717) is 12.1 Å². The first-order chi connectivity index (χ1) is 10.3. The Morgan fingerprint density at radius 3 is 2.50 bits per heavy atom. The molecule has 5 heteroatoms. The maximum Gasteiger partial charge on any atom is 0.162 e. The van der Waals surface area contributed by atoms with Crippen LogP contribution < -0.4 is 0 Å². The molecule has 0 unspecified atom stereocenters. The highest BCUT2D eigenvalue weighted by Crippen LogP contribution is 2.22. The summed E-state index contributed by atoms with van der Waals surface area (Å²) in [5.41, 5.74) is 1.41. The molecule has 0 fully saturated rings. The molecule has 0 bridgehead atoms. The lowest BCUT2D eigenvalue weighted by atomic mass is 10.0. The van der Waals surface area contributed by atoms with Gasteiger partial charge in [-0.15, -0.1) is 0 Å². The van der Waals surface area contributed by atoms with Crippen LogP contribution in [0.5, 0.6) is 0 Å². The Bertz CT molecular complexity index is 794. The number of rotatable bonds is 6. The van der Waals surface area contributed by atoms with Crippen LogP contribution in [0.3, 0.4) is 0 Å². The zero-order valence-corrected chi connectivity index (χ0v) is 14.0. The summed E-state index contributed by atoms with van der Waals surface area (Å²) >= 11 is 0. The number of hydrogen-bond donors (Lipinski definition) is 0. The van der Waals surface area contributed by atoms with Crippen molar-refractivity contribution in [2.75, 3.05) is 5.75 Å². The molecule has 4 nitrogen and oxygen atoms in total. The van der Waals surface area contributed by atoms with E-state index in [1.54, 1.807) is 13.0 Å². The highest BCUT2D eigenvalue weighted by Gasteiger charge is 2.40. The van der Waals surface area contributed by atoms with Crippen molar-refractivity contribution in [2.45, 2.75) is 38.4 Å². The zero-order chi connectivity index (χ0) is 16.4. The van der Waals surface area contributed by atoms with Crippen LogP contribution in [0.1, 0.15) is 32.9 Å². The van der Waals surface area contributed by atoms with E-state index in [1.807, 2.05) is 30.3 Å². The second kappa shape index (κ2) is 6.16. The van der Waals surface area contributed by atoms with Gasteiger partial charge in [0.05, 0.1) is 17.7 Å². The Morgan fingerprint density at radius 2 is 1.82 bits per heavy atom. The number of hydrogen-bond acceptors (Lipinski definition) is 4. The third kappa shape index (κ3) is 3.19. The van der Waals surface area contributed by atoms with E-state index in [0.717, 1.165) is 10.9 Å². The van der Waals surface area contributed by atoms with Gasteiger partial charge in [-0.05, 0) is 32.4 Å². The summed E-state index contributed by atoms with van der Waals surface area (Å²) in [5, 5.41) is 0.997. The second-order valence-corrected chi connectivity index (χ2v) is 8.58. The van der Waals surface area contributed by atoms with Gasteiger partial charge in [-0.25, -0.2) is 8.42 Å². The lowest BCUT2D eigenvalue weighted by Crippen LogP contribution is -2.43. The molecule has 0 atom stereocenters. The van der Waals surface area contributed by atoms with Gasteiger partial charge in [0.15, 0.2) is 15.6 Å². The van der Waals surface area contributed by atoms with Gasteiger partial charge in [0.2, 0.25) is 0 Å². The monoisotopic (exact) mass is 319 g/mol. The number of fused-ring (bicyclic) bond motifs is 1. The standard InChI is InChI=1S/C17H21NO3S/c1-4-11-22(20,21)17(2,3)16(19)12-14-10-9-13-7-5-6-8-15(13)18-14/h5-10H,4,11-12H2,1-3H3. The number of aromatic nitrogens is 1. The Kier molecular flexibility index (Phi) is 4.66. The van der Waals surface area contributed by atoms with Crippen molar-refractivity contribution >= 4 is 26.5 Å². The first kappa shape index (κ1) is 16.6. The van der Waals surface area contributed by atoms with Crippen LogP contribution in [0.15, 0.2) is 36.4 Å². The van der Waals surface area contributed by atoms with Crippen molar-refractivity contribution in [1.82, 2.24) is 4.98 Å². The fourth-order valence-electron chi connectivity index (χ4n) is 2.28. The summed E-state index contributed by atoms with van der Waals surface area (Å²) in [7, 11) is -3.45. The summed E-state index contributed by atoms with van der Waals surface area (Å²) in [6.07, 6.45) is 0.536. The van der Waals surface area contributed by atoms with E-state index in [2.05, 4.69) is 4.98 Å². The van der Waals surface area contributed by atoms with Crippen LogP contribution in [0.4, 0.5) is 0 Å². The SMILES string of the molecule is CCCS(=O)(=O)C(C)(C)C(=O)Cc1ccc2ccccc2n1. The van der Waals surface area contributed by atoms with Gasteiger partial charge in [0.1, 0.15) is 4.75 Å². The van der Waals surface area contributed by atoms with Crippen LogP contribution in [-0.2, 0) is 21.1 Å². The van der Waals surface area contributed by atoms with Gasteiger partial charge >= 0.3 is 0 Å². The lowest BCUT2D eigenvalue weighted by Gasteiger charge is -2.23. The molecular formula is C17H21NO3S. The molecule has 22 heavy (non-hydrogen) atoms. The summed E-state index contributed by atoms with van der Waals surface area (Å²) in [5.74, 6) is -0.291. The number of nitrogens with zero attached hydrogens (tertiary/aromatic N) is 1. The molecule has 0 aliphatic rings. The number of carbonyl (C=O) groups is 1. The van der Waals surface area contributed by atoms with E-state index in [-0.39, 0.29) is 18.0 Å². The molecule has 0 saturated heterocycles. The average Bonchev–Trinajstić information content (AvgIpc) is 2.46. The van der Waals surface area contributed by atoms with Crippen LogP contribution >= 0.6 is 0 Å². The fraction of sp³-hybridized carbons (Fsp3) is 0.412. The van der Waals surface area contributed by atoms with Crippen molar-refractivity contribution in [3.05, 3.63) is 42.1 Å². The molecule has 0 aliphatic carbocycles. The highest BCUT2D eigenvalue weighted by molar-refractivity contribution is 7.93. The summed E-state index contributed by atoms with van der Waals surface area (Å²) < 4.78 is 23.1. The van der Waals surface area contributed by atoms with Crippen LogP contribution in [0.25, 0.3) is 10.9 Å². The van der Waals surface area contributed by atoms with Crippen LogP contribution in [0.2, 0.25) is 0 Å². The quantitative estimate of drug-likeness (QED) is 0.821. The summed E-state index contributed by atoms with van der Waals surface area (Å²) in [6.45, 7) is 4.77. The Morgan fingerprint density at radius 1 is 1.14 bits per heavy atom. The van der Waals surface area contributed by atoms with E-state index in [9.17, 15) is 13.2 Å². The first-order valence-electron chi connectivity index (χ1n) is 7.38. The largest absolute Gasteiger partial charge is 0.298 e. The van der Waals surface area contributed by atoms with Crippen LogP contribution in [-0.4, -0.2) is 29.7 Å². The Balaban J connectivity index is 2.26. The van der Waals surface area contributed by atoms with Crippen molar-refractivity contribution in [3.8, 4) is 0 Å². The molecule has 1 heterocycles. The zero-order valence-electron chi connectivity index (χ0n) is 13.2. The van der Waals surface area contributed by atoms with Crippen LogP contribution in [0, 0.1) is 0 Å². The van der Waals surface area contributed by atoms with Crippen molar-refractivity contribution in [1.29, 1.82) is 0 Å². The van der Waals surface area contributed by atoms with Gasteiger partial charge in [-0.1, -0.05) is 31.2 Å². The molecule has 0 saturated carbocycles. The number of carbonyl (C=O) groups excluding carboxylic acids is 1. The third-order valence-electron chi connectivity index (χ3n) is 3.92. The topological polar surface area (TPSA) is 64.1 Å². The normalized spacial score (nSPS) is 12.5. The molecular weight excluding hydrogens is 298 g/mol. The van der Waals surface area contributed by atoms with Crippen molar-refractivity contribution < 1.29 is 13.2 Å². The number of Topliss-reactive ketones (excluding diaryl/α,β-unsaturated/α-hetero) is 1. The molecule has 2 rings (SSSR count). The minimum absolute atomic E-state index is 0.0247. The summed E-state index contributed by atoms with van der Waals surface area (Å²) in [6, 6.07) is 11.3. The van der Waals surface area contributed by atoms with E-state index in [4.69, 9.17) is 0 Å². The van der Waals surface area contributed by atoms with E-state index in [1.165, 1.54) is 13.8 Å². The molecule has 0 radical (unpaired) electrons. The van der Waals surface area contributed by atoms with E-state index < -0.39 is 14.6 Å². The van der Waals surface area contributed by atoms with Crippen molar-refractivity contribution in [3.63, 3.8) is 0 Å². The molecule has 1 aromatic heterocycles. The number of pyridine rings is 1. The number of ketones is 1. The minimum Gasteiger partial charge on any atom is -0.298 e. The molecule has 0 amide bonds. The predicted octanol–water partition coefficient (Wildman–Crippen LogP) is 2.95. The van der Waals surface area contributed by atoms with Gasteiger partial charge in [-0.2, -0.15) is 0 Å². The molecule has 1 aromatic carbocycles. The lowest BCUT2D eigenvalue weighted by molar-refractivity contribution is -0.120. The maximum atomic E-state index is 12.5. The van der Waals surface area contributed by atoms with E-state index >= 15 is 0 Å².